The summed E-state index contributed by atoms with van der Waals surface area (Å²) in [6.45, 7) is 7.05. The van der Waals surface area contributed by atoms with Crippen molar-refractivity contribution in [1.82, 2.24) is 19.0 Å². The first-order chi connectivity index (χ1) is 11.9. The van der Waals surface area contributed by atoms with Gasteiger partial charge in [-0.05, 0) is 32.1 Å². The van der Waals surface area contributed by atoms with Crippen LogP contribution in [0.25, 0.3) is 0 Å². The highest BCUT2D eigenvalue weighted by Gasteiger charge is 2.50. The average molecular weight is 369 g/mol. The number of likely N-dealkylation sites (tertiary alicyclic amines) is 1. The van der Waals surface area contributed by atoms with Gasteiger partial charge in [-0.1, -0.05) is 13.8 Å². The highest BCUT2D eigenvalue weighted by molar-refractivity contribution is 7.89. The molecule has 1 spiro atoms. The van der Waals surface area contributed by atoms with Gasteiger partial charge < -0.3 is 4.90 Å². The van der Waals surface area contributed by atoms with Gasteiger partial charge in [0.15, 0.2) is 0 Å². The van der Waals surface area contributed by atoms with E-state index in [0.29, 0.717) is 26.1 Å². The number of rotatable bonds is 6. The van der Waals surface area contributed by atoms with E-state index in [2.05, 4.69) is 12.0 Å². The predicted octanol–water partition coefficient (Wildman–Crippen LogP) is 1.71. The molecular formula is C17H28N4O3S. The van der Waals surface area contributed by atoms with E-state index in [0.717, 1.165) is 38.8 Å². The van der Waals surface area contributed by atoms with Gasteiger partial charge in [0.05, 0.1) is 11.6 Å². The smallest absolute Gasteiger partial charge is 0.246 e. The summed E-state index contributed by atoms with van der Waals surface area (Å²) in [6, 6.07) is 0. The fourth-order valence-corrected chi connectivity index (χ4v) is 5.51. The minimum absolute atomic E-state index is 0.139. The number of sulfonamides is 1. The van der Waals surface area contributed by atoms with Crippen LogP contribution in [0.5, 0.6) is 0 Å². The van der Waals surface area contributed by atoms with Crippen molar-refractivity contribution in [2.75, 3.05) is 26.2 Å². The lowest BCUT2D eigenvalue weighted by atomic mass is 9.78. The van der Waals surface area contributed by atoms with Gasteiger partial charge in [0.25, 0.3) is 0 Å². The van der Waals surface area contributed by atoms with Gasteiger partial charge in [-0.25, -0.2) is 8.42 Å². The molecule has 0 aromatic carbocycles. The molecule has 0 bridgehead atoms. The molecule has 140 valence electrons. The molecule has 0 unspecified atom stereocenters. The molecule has 1 amide bonds. The molecule has 2 aliphatic rings. The predicted molar refractivity (Wildman–Crippen MR) is 94.4 cm³/mol. The van der Waals surface area contributed by atoms with Crippen molar-refractivity contribution in [1.29, 1.82) is 0 Å². The SMILES string of the molecule is CCCN1CCC[C@@]2(CCN(S(=O)(=O)c3cnn(CCC)c3)C2)C1=O. The molecule has 1 aromatic rings. The van der Waals surface area contributed by atoms with E-state index in [-0.39, 0.29) is 10.8 Å². The van der Waals surface area contributed by atoms with Crippen molar-refractivity contribution < 1.29 is 13.2 Å². The molecule has 7 nitrogen and oxygen atoms in total. The maximum absolute atomic E-state index is 12.9. The number of carbonyl (C=O) groups excluding carboxylic acids is 1. The third kappa shape index (κ3) is 3.33. The highest BCUT2D eigenvalue weighted by Crippen LogP contribution is 2.41. The topological polar surface area (TPSA) is 75.5 Å². The summed E-state index contributed by atoms with van der Waals surface area (Å²) in [5, 5.41) is 4.13. The van der Waals surface area contributed by atoms with Crippen LogP contribution in [-0.2, 0) is 21.4 Å². The second kappa shape index (κ2) is 7.07. The summed E-state index contributed by atoms with van der Waals surface area (Å²) in [5.41, 5.74) is -0.528. The maximum atomic E-state index is 12.9. The van der Waals surface area contributed by atoms with Gasteiger partial charge in [-0.15, -0.1) is 0 Å². The number of nitrogens with zero attached hydrogens (tertiary/aromatic N) is 4. The van der Waals surface area contributed by atoms with Crippen molar-refractivity contribution >= 4 is 15.9 Å². The number of hydrogen-bond acceptors (Lipinski definition) is 4. The number of carbonyl (C=O) groups is 1. The molecule has 1 aromatic heterocycles. The van der Waals surface area contributed by atoms with Crippen molar-refractivity contribution in [3.05, 3.63) is 12.4 Å². The number of amides is 1. The summed E-state index contributed by atoms with van der Waals surface area (Å²) in [7, 11) is -3.59. The summed E-state index contributed by atoms with van der Waals surface area (Å²) >= 11 is 0. The van der Waals surface area contributed by atoms with Crippen LogP contribution in [0.1, 0.15) is 46.0 Å². The van der Waals surface area contributed by atoms with E-state index in [4.69, 9.17) is 0 Å². The van der Waals surface area contributed by atoms with Gasteiger partial charge in [0.2, 0.25) is 15.9 Å². The summed E-state index contributed by atoms with van der Waals surface area (Å²) in [4.78, 5) is 15.1. The van der Waals surface area contributed by atoms with Crippen LogP contribution >= 0.6 is 0 Å². The van der Waals surface area contributed by atoms with E-state index < -0.39 is 15.4 Å². The second-order valence-corrected chi connectivity index (χ2v) is 9.14. The Kier molecular flexibility index (Phi) is 5.20. The Morgan fingerprint density at radius 3 is 2.64 bits per heavy atom. The van der Waals surface area contributed by atoms with Crippen LogP contribution < -0.4 is 0 Å². The van der Waals surface area contributed by atoms with E-state index in [1.165, 1.54) is 10.5 Å². The first kappa shape index (κ1) is 18.4. The molecule has 1 atom stereocenters. The van der Waals surface area contributed by atoms with E-state index in [1.54, 1.807) is 10.9 Å². The summed E-state index contributed by atoms with van der Waals surface area (Å²) < 4.78 is 29.0. The molecule has 3 rings (SSSR count). The van der Waals surface area contributed by atoms with E-state index in [1.807, 2.05) is 11.8 Å². The Bertz CT molecular complexity index is 728. The van der Waals surface area contributed by atoms with E-state index >= 15 is 0 Å². The largest absolute Gasteiger partial charge is 0.342 e. The molecule has 0 saturated carbocycles. The van der Waals surface area contributed by atoms with Crippen molar-refractivity contribution in [3.8, 4) is 0 Å². The zero-order chi connectivity index (χ0) is 18.1. The van der Waals surface area contributed by atoms with Crippen LogP contribution in [0, 0.1) is 5.41 Å². The minimum Gasteiger partial charge on any atom is -0.342 e. The number of aromatic nitrogens is 2. The molecular weight excluding hydrogens is 340 g/mol. The third-order valence-electron chi connectivity index (χ3n) is 5.34. The van der Waals surface area contributed by atoms with Crippen molar-refractivity contribution in [2.24, 2.45) is 5.41 Å². The second-order valence-electron chi connectivity index (χ2n) is 7.20. The number of aryl methyl sites for hydroxylation is 1. The van der Waals surface area contributed by atoms with E-state index in [9.17, 15) is 13.2 Å². The molecule has 0 aliphatic carbocycles. The lowest BCUT2D eigenvalue weighted by Crippen LogP contribution is -2.50. The van der Waals surface area contributed by atoms with Crippen LogP contribution in [0.4, 0.5) is 0 Å². The van der Waals surface area contributed by atoms with Gasteiger partial charge >= 0.3 is 0 Å². The van der Waals surface area contributed by atoms with Gasteiger partial charge in [-0.2, -0.15) is 9.40 Å². The Balaban J connectivity index is 1.78. The molecule has 8 heteroatoms. The van der Waals surface area contributed by atoms with Crippen molar-refractivity contribution in [3.63, 3.8) is 0 Å². The van der Waals surface area contributed by atoms with Gasteiger partial charge in [0, 0.05) is 38.9 Å². The molecule has 0 N–H and O–H groups in total. The zero-order valence-electron chi connectivity index (χ0n) is 15.1. The maximum Gasteiger partial charge on any atom is 0.246 e. The Morgan fingerprint density at radius 1 is 1.16 bits per heavy atom. The standard InChI is InChI=1S/C17H28N4O3S/c1-3-8-19-10-5-6-17(16(19)22)7-11-21(14-17)25(23,24)15-12-18-20(13-15)9-4-2/h12-13H,3-11,14H2,1-2H3/t17-/m0/s1. The quantitative estimate of drug-likeness (QED) is 0.766. The Hall–Kier alpha value is -1.41. The molecule has 25 heavy (non-hydrogen) atoms. The molecule has 3 heterocycles. The average Bonchev–Trinajstić information content (AvgIpc) is 3.21. The monoisotopic (exact) mass is 368 g/mol. The normalized spacial score (nSPS) is 25.2. The van der Waals surface area contributed by atoms with Gasteiger partial charge in [-0.3, -0.25) is 9.48 Å². The lowest BCUT2D eigenvalue weighted by molar-refractivity contribution is -0.145. The first-order valence-corrected chi connectivity index (χ1v) is 10.7. The summed E-state index contributed by atoms with van der Waals surface area (Å²) in [6.07, 6.45) is 7.20. The number of piperidine rings is 1. The van der Waals surface area contributed by atoms with Gasteiger partial charge in [0.1, 0.15) is 4.90 Å². The molecule has 2 saturated heterocycles. The molecule has 0 radical (unpaired) electrons. The third-order valence-corrected chi connectivity index (χ3v) is 7.13. The fourth-order valence-electron chi connectivity index (χ4n) is 4.03. The van der Waals surface area contributed by atoms with Crippen LogP contribution in [0.15, 0.2) is 17.3 Å². The Labute approximate surface area is 150 Å². The van der Waals surface area contributed by atoms with Crippen LogP contribution in [0.2, 0.25) is 0 Å². The first-order valence-electron chi connectivity index (χ1n) is 9.25. The highest BCUT2D eigenvalue weighted by atomic mass is 32.2. The zero-order valence-corrected chi connectivity index (χ0v) is 16.0. The molecule has 2 fully saturated rings. The number of hydrogen-bond donors (Lipinski definition) is 0. The van der Waals surface area contributed by atoms with Crippen LogP contribution in [0.3, 0.4) is 0 Å². The lowest BCUT2D eigenvalue weighted by Gasteiger charge is -2.39. The fraction of sp³-hybridized carbons (Fsp3) is 0.765. The van der Waals surface area contributed by atoms with Crippen molar-refractivity contribution in [2.45, 2.75) is 57.4 Å². The summed E-state index contributed by atoms with van der Waals surface area (Å²) in [5.74, 6) is 0.139. The minimum atomic E-state index is -3.59. The Morgan fingerprint density at radius 2 is 1.92 bits per heavy atom. The van der Waals surface area contributed by atoms with Crippen LogP contribution in [-0.4, -0.2) is 59.5 Å². The molecule has 2 aliphatic heterocycles.